The summed E-state index contributed by atoms with van der Waals surface area (Å²) in [7, 11) is 1.64. The van der Waals surface area contributed by atoms with Crippen LogP contribution in [0.2, 0.25) is 0 Å². The predicted octanol–water partition coefficient (Wildman–Crippen LogP) is 1.12. The molecule has 0 bridgehead atoms. The van der Waals surface area contributed by atoms with Crippen molar-refractivity contribution in [1.29, 1.82) is 0 Å². The lowest BCUT2D eigenvalue weighted by atomic mass is 10.0. The quantitative estimate of drug-likeness (QED) is 0.667. The number of carbonyl (C=O) groups is 1. The fourth-order valence-electron chi connectivity index (χ4n) is 1.15. The van der Waals surface area contributed by atoms with Crippen molar-refractivity contribution < 1.29 is 4.79 Å². The summed E-state index contributed by atoms with van der Waals surface area (Å²) in [4.78, 5) is 11.3. The number of carbonyl (C=O) groups excluding carboxylic acids is 1. The Hall–Kier alpha value is -1.51. The van der Waals surface area contributed by atoms with Gasteiger partial charge in [0.25, 0.3) is 0 Å². The molecule has 0 heterocycles. The van der Waals surface area contributed by atoms with Crippen LogP contribution >= 0.6 is 0 Å². The van der Waals surface area contributed by atoms with E-state index in [1.807, 2.05) is 19.1 Å². The van der Waals surface area contributed by atoms with Crippen LogP contribution in [0.15, 0.2) is 24.3 Å². The first-order valence-corrected chi connectivity index (χ1v) is 4.22. The van der Waals surface area contributed by atoms with Gasteiger partial charge < -0.3 is 11.1 Å². The summed E-state index contributed by atoms with van der Waals surface area (Å²) < 4.78 is 0. The van der Waals surface area contributed by atoms with Crippen molar-refractivity contribution in [1.82, 2.24) is 5.32 Å². The van der Waals surface area contributed by atoms with Crippen LogP contribution in [0.4, 0.5) is 5.69 Å². The Bertz CT molecular complexity index is 292. The maximum atomic E-state index is 11.3. The van der Waals surface area contributed by atoms with E-state index < -0.39 is 0 Å². The molecule has 0 aromatic heterocycles. The standard InChI is InChI=1S/C10H14N2O/c1-7(10(13)12-2)8-3-5-9(11)6-4-8/h3-7H,11H2,1-2H3,(H,12,13). The second-order valence-electron chi connectivity index (χ2n) is 3.00. The van der Waals surface area contributed by atoms with Crippen LogP contribution in [0.5, 0.6) is 0 Å². The van der Waals surface area contributed by atoms with Crippen LogP contribution in [0.3, 0.4) is 0 Å². The molecule has 3 heteroatoms. The zero-order valence-corrected chi connectivity index (χ0v) is 7.87. The van der Waals surface area contributed by atoms with Gasteiger partial charge in [0.2, 0.25) is 5.91 Å². The van der Waals surface area contributed by atoms with Gasteiger partial charge in [0.15, 0.2) is 0 Å². The molecule has 70 valence electrons. The molecule has 1 unspecified atom stereocenters. The van der Waals surface area contributed by atoms with Crippen molar-refractivity contribution in [2.24, 2.45) is 0 Å². The average molecular weight is 178 g/mol. The number of nitrogens with two attached hydrogens (primary N) is 1. The zero-order valence-electron chi connectivity index (χ0n) is 7.87. The number of hydrogen-bond donors (Lipinski definition) is 2. The van der Waals surface area contributed by atoms with E-state index in [1.165, 1.54) is 0 Å². The maximum Gasteiger partial charge on any atom is 0.227 e. The van der Waals surface area contributed by atoms with Crippen molar-refractivity contribution in [2.75, 3.05) is 12.8 Å². The van der Waals surface area contributed by atoms with Gasteiger partial charge in [-0.3, -0.25) is 4.79 Å². The van der Waals surface area contributed by atoms with Crippen molar-refractivity contribution in [3.05, 3.63) is 29.8 Å². The van der Waals surface area contributed by atoms with Gasteiger partial charge in [0.05, 0.1) is 5.92 Å². The summed E-state index contributed by atoms with van der Waals surface area (Å²) >= 11 is 0. The number of amides is 1. The predicted molar refractivity (Wildman–Crippen MR) is 53.3 cm³/mol. The first-order valence-electron chi connectivity index (χ1n) is 4.22. The molecule has 1 aromatic carbocycles. The van der Waals surface area contributed by atoms with Crippen LogP contribution in [-0.4, -0.2) is 13.0 Å². The van der Waals surface area contributed by atoms with E-state index in [-0.39, 0.29) is 11.8 Å². The van der Waals surface area contributed by atoms with Gasteiger partial charge >= 0.3 is 0 Å². The van der Waals surface area contributed by atoms with Gasteiger partial charge in [-0.15, -0.1) is 0 Å². The summed E-state index contributed by atoms with van der Waals surface area (Å²) in [5, 5.41) is 2.61. The molecule has 0 aliphatic carbocycles. The first-order chi connectivity index (χ1) is 6.15. The van der Waals surface area contributed by atoms with Crippen LogP contribution in [-0.2, 0) is 4.79 Å². The topological polar surface area (TPSA) is 55.1 Å². The summed E-state index contributed by atoms with van der Waals surface area (Å²) in [6.45, 7) is 1.87. The molecule has 1 rings (SSSR count). The monoisotopic (exact) mass is 178 g/mol. The molecule has 1 atom stereocenters. The molecule has 0 spiro atoms. The lowest BCUT2D eigenvalue weighted by Gasteiger charge is -2.09. The van der Waals surface area contributed by atoms with Crippen molar-refractivity contribution in [3.8, 4) is 0 Å². The molecule has 0 aliphatic rings. The van der Waals surface area contributed by atoms with Gasteiger partial charge in [0, 0.05) is 12.7 Å². The van der Waals surface area contributed by atoms with Crippen LogP contribution in [0.25, 0.3) is 0 Å². The highest BCUT2D eigenvalue weighted by Crippen LogP contribution is 2.16. The van der Waals surface area contributed by atoms with Gasteiger partial charge in [-0.1, -0.05) is 12.1 Å². The van der Waals surface area contributed by atoms with E-state index in [0.29, 0.717) is 5.69 Å². The van der Waals surface area contributed by atoms with E-state index in [1.54, 1.807) is 19.2 Å². The number of hydrogen-bond acceptors (Lipinski definition) is 2. The number of anilines is 1. The van der Waals surface area contributed by atoms with Gasteiger partial charge in [-0.25, -0.2) is 0 Å². The van der Waals surface area contributed by atoms with Crippen LogP contribution < -0.4 is 11.1 Å². The third-order valence-electron chi connectivity index (χ3n) is 2.08. The number of nitrogen functional groups attached to an aromatic ring is 1. The van der Waals surface area contributed by atoms with Crippen LogP contribution in [0, 0.1) is 0 Å². The Morgan fingerprint density at radius 2 is 1.92 bits per heavy atom. The molecule has 13 heavy (non-hydrogen) atoms. The van der Waals surface area contributed by atoms with E-state index in [0.717, 1.165) is 5.56 Å². The first kappa shape index (κ1) is 9.58. The minimum atomic E-state index is -0.120. The maximum absolute atomic E-state index is 11.3. The SMILES string of the molecule is CNC(=O)C(C)c1ccc(N)cc1. The van der Waals surface area contributed by atoms with Crippen molar-refractivity contribution in [3.63, 3.8) is 0 Å². The molecular weight excluding hydrogens is 164 g/mol. The number of rotatable bonds is 2. The van der Waals surface area contributed by atoms with Crippen molar-refractivity contribution in [2.45, 2.75) is 12.8 Å². The smallest absolute Gasteiger partial charge is 0.227 e. The van der Waals surface area contributed by atoms with Crippen molar-refractivity contribution >= 4 is 11.6 Å². The Balaban J connectivity index is 2.83. The summed E-state index contributed by atoms with van der Waals surface area (Å²) in [5.41, 5.74) is 7.23. The lowest BCUT2D eigenvalue weighted by molar-refractivity contribution is -0.121. The molecule has 0 aliphatic heterocycles. The van der Waals surface area contributed by atoms with E-state index in [9.17, 15) is 4.79 Å². The van der Waals surface area contributed by atoms with E-state index >= 15 is 0 Å². The largest absolute Gasteiger partial charge is 0.399 e. The number of nitrogens with one attached hydrogen (secondary N) is 1. The Labute approximate surface area is 77.9 Å². The summed E-state index contributed by atoms with van der Waals surface area (Å²) in [6, 6.07) is 7.34. The zero-order chi connectivity index (χ0) is 9.84. The van der Waals surface area contributed by atoms with Crippen LogP contribution in [0.1, 0.15) is 18.4 Å². The third kappa shape index (κ3) is 2.21. The summed E-state index contributed by atoms with van der Waals surface area (Å²) in [5.74, 6) is -0.102. The van der Waals surface area contributed by atoms with Gasteiger partial charge in [0.1, 0.15) is 0 Å². The molecule has 1 amide bonds. The molecule has 0 radical (unpaired) electrons. The number of benzene rings is 1. The summed E-state index contributed by atoms with van der Waals surface area (Å²) in [6.07, 6.45) is 0. The van der Waals surface area contributed by atoms with E-state index in [4.69, 9.17) is 5.73 Å². The molecule has 3 N–H and O–H groups in total. The lowest BCUT2D eigenvalue weighted by Crippen LogP contribution is -2.23. The van der Waals surface area contributed by atoms with Gasteiger partial charge in [-0.05, 0) is 24.6 Å². The van der Waals surface area contributed by atoms with Gasteiger partial charge in [-0.2, -0.15) is 0 Å². The molecule has 1 aromatic rings. The fraction of sp³-hybridized carbons (Fsp3) is 0.300. The highest BCUT2D eigenvalue weighted by atomic mass is 16.1. The highest BCUT2D eigenvalue weighted by molar-refractivity contribution is 5.82. The van der Waals surface area contributed by atoms with E-state index in [2.05, 4.69) is 5.32 Å². The second kappa shape index (κ2) is 3.94. The second-order valence-corrected chi connectivity index (χ2v) is 3.00. The Morgan fingerprint density at radius 1 is 1.38 bits per heavy atom. The molecule has 0 saturated heterocycles. The fourth-order valence-corrected chi connectivity index (χ4v) is 1.15. The molecule has 0 saturated carbocycles. The third-order valence-corrected chi connectivity index (χ3v) is 2.08. The average Bonchev–Trinajstić information content (AvgIpc) is 2.17. The Kier molecular flexibility index (Phi) is 2.90. The Morgan fingerprint density at radius 3 is 2.38 bits per heavy atom. The number of likely N-dealkylation sites (N-methyl/N-ethyl adjacent to an activating group) is 1. The minimum absolute atomic E-state index is 0.0183. The molecule has 0 fully saturated rings. The highest BCUT2D eigenvalue weighted by Gasteiger charge is 2.12. The molecular formula is C10H14N2O. The minimum Gasteiger partial charge on any atom is -0.399 e. The molecule has 3 nitrogen and oxygen atoms in total. The normalized spacial score (nSPS) is 12.2.